The van der Waals surface area contributed by atoms with E-state index in [0.29, 0.717) is 0 Å². The molecule has 0 atom stereocenters. The number of fused-ring (bicyclic) bond motifs is 1. The molecule has 1 aliphatic rings. The van der Waals surface area contributed by atoms with Crippen LogP contribution in [0.1, 0.15) is 34.6 Å². The average Bonchev–Trinajstić information content (AvgIpc) is 3.12. The van der Waals surface area contributed by atoms with E-state index >= 15 is 0 Å². The SMILES string of the molecule is CC1=[C-]C(C)(C)C(C)=C1C.[Zr+2].c1ccc(-c2cc3ccccc3[cH-]2)cc1. The number of hydrogen-bond acceptors (Lipinski definition) is 0. The predicted molar refractivity (Wildman–Crippen MR) is 110 cm³/mol. The summed E-state index contributed by atoms with van der Waals surface area (Å²) in [6.45, 7) is 10.9. The van der Waals surface area contributed by atoms with Gasteiger partial charge in [0, 0.05) is 0 Å². The smallest absolute Gasteiger partial charge is 0.263 e. The summed E-state index contributed by atoms with van der Waals surface area (Å²) in [5.74, 6) is 0. The summed E-state index contributed by atoms with van der Waals surface area (Å²) in [7, 11) is 0. The second-order valence-corrected chi connectivity index (χ2v) is 7.36. The van der Waals surface area contributed by atoms with Crippen LogP contribution in [0.15, 0.2) is 83.4 Å². The van der Waals surface area contributed by atoms with Crippen LogP contribution in [0.25, 0.3) is 21.9 Å². The van der Waals surface area contributed by atoms with Gasteiger partial charge in [0.15, 0.2) is 0 Å². The van der Waals surface area contributed by atoms with Crippen molar-refractivity contribution in [2.75, 3.05) is 0 Å². The van der Waals surface area contributed by atoms with Crippen LogP contribution in [0.3, 0.4) is 0 Å². The van der Waals surface area contributed by atoms with Crippen molar-refractivity contribution in [2.24, 2.45) is 5.41 Å². The molecule has 1 aliphatic carbocycles. The molecule has 1 heteroatoms. The van der Waals surface area contributed by atoms with Crippen molar-refractivity contribution in [3.05, 3.63) is 89.5 Å². The number of hydrogen-bond donors (Lipinski definition) is 0. The Morgan fingerprint density at radius 1 is 0.846 bits per heavy atom. The van der Waals surface area contributed by atoms with E-state index in [1.807, 2.05) is 6.07 Å². The van der Waals surface area contributed by atoms with Gasteiger partial charge in [-0.25, -0.2) is 5.57 Å². The maximum Gasteiger partial charge on any atom is 2.00 e. The zero-order chi connectivity index (χ0) is 18.0. The van der Waals surface area contributed by atoms with Gasteiger partial charge in [-0.3, -0.25) is 6.08 Å². The molecule has 26 heavy (non-hydrogen) atoms. The summed E-state index contributed by atoms with van der Waals surface area (Å²) in [4.78, 5) is 0. The van der Waals surface area contributed by atoms with E-state index in [2.05, 4.69) is 101 Å². The van der Waals surface area contributed by atoms with Crippen molar-refractivity contribution in [1.29, 1.82) is 0 Å². The van der Waals surface area contributed by atoms with Crippen LogP contribution in [-0.4, -0.2) is 0 Å². The van der Waals surface area contributed by atoms with Crippen LogP contribution in [-0.2, 0) is 26.2 Å². The van der Waals surface area contributed by atoms with Gasteiger partial charge < -0.3 is 0 Å². The van der Waals surface area contributed by atoms with Gasteiger partial charge in [-0.1, -0.05) is 87.2 Å². The molecule has 0 nitrogen and oxygen atoms in total. The molecule has 3 aromatic carbocycles. The predicted octanol–water partition coefficient (Wildman–Crippen LogP) is 7.34. The van der Waals surface area contributed by atoms with Crippen LogP contribution in [0.5, 0.6) is 0 Å². The van der Waals surface area contributed by atoms with E-state index in [9.17, 15) is 0 Å². The number of rotatable bonds is 1. The van der Waals surface area contributed by atoms with Crippen LogP contribution < -0.4 is 0 Å². The molecule has 0 saturated carbocycles. The maximum absolute atomic E-state index is 3.44. The molecule has 0 fully saturated rings. The minimum absolute atomic E-state index is 0. The molecule has 0 aromatic heterocycles. The molecule has 130 valence electrons. The van der Waals surface area contributed by atoms with Gasteiger partial charge in [0.1, 0.15) is 0 Å². The van der Waals surface area contributed by atoms with Crippen molar-refractivity contribution < 1.29 is 26.2 Å². The van der Waals surface area contributed by atoms with Gasteiger partial charge in [0.25, 0.3) is 0 Å². The Hall–Kier alpha value is -1.59. The van der Waals surface area contributed by atoms with E-state index in [1.165, 1.54) is 38.6 Å². The van der Waals surface area contributed by atoms with Gasteiger partial charge in [0.2, 0.25) is 0 Å². The summed E-state index contributed by atoms with van der Waals surface area (Å²) < 4.78 is 0. The Labute approximate surface area is 177 Å². The van der Waals surface area contributed by atoms with E-state index < -0.39 is 0 Å². The molecule has 3 aromatic rings. The first-order chi connectivity index (χ1) is 11.9. The van der Waals surface area contributed by atoms with E-state index in [4.69, 9.17) is 0 Å². The van der Waals surface area contributed by atoms with Crippen molar-refractivity contribution in [1.82, 2.24) is 0 Å². The van der Waals surface area contributed by atoms with E-state index in [1.54, 1.807) is 0 Å². The zero-order valence-corrected chi connectivity index (χ0v) is 18.8. The Bertz CT molecular complexity index is 903. The van der Waals surface area contributed by atoms with Gasteiger partial charge in [-0.2, -0.15) is 11.1 Å². The van der Waals surface area contributed by atoms with E-state index in [-0.39, 0.29) is 31.6 Å². The second-order valence-electron chi connectivity index (χ2n) is 7.36. The molecule has 0 heterocycles. The van der Waals surface area contributed by atoms with Crippen LogP contribution in [0.2, 0.25) is 0 Å². The third-order valence-corrected chi connectivity index (χ3v) is 5.29. The van der Waals surface area contributed by atoms with Crippen molar-refractivity contribution in [2.45, 2.75) is 34.6 Å². The molecule has 4 rings (SSSR count). The van der Waals surface area contributed by atoms with Gasteiger partial charge in [-0.15, -0.1) is 41.5 Å². The first kappa shape index (κ1) is 20.7. The fraction of sp³-hybridized carbons (Fsp3) is 0.240. The zero-order valence-electron chi connectivity index (χ0n) is 16.4. The molecule has 0 aliphatic heterocycles. The average molecular weight is 418 g/mol. The summed E-state index contributed by atoms with van der Waals surface area (Å²) in [5, 5.41) is 2.63. The topological polar surface area (TPSA) is 0 Å². The Morgan fingerprint density at radius 2 is 1.46 bits per heavy atom. The van der Waals surface area contributed by atoms with E-state index in [0.717, 1.165) is 0 Å². The molecule has 0 radical (unpaired) electrons. The molecule has 0 saturated heterocycles. The van der Waals surface area contributed by atoms with Gasteiger partial charge >= 0.3 is 26.2 Å². The third kappa shape index (κ3) is 4.38. The molecule has 0 spiro atoms. The minimum atomic E-state index is 0. The maximum atomic E-state index is 3.44. The monoisotopic (exact) mass is 416 g/mol. The fourth-order valence-corrected chi connectivity index (χ4v) is 3.35. The minimum Gasteiger partial charge on any atom is -0.263 e. The van der Waals surface area contributed by atoms with Gasteiger partial charge in [0.05, 0.1) is 0 Å². The first-order valence-electron chi connectivity index (χ1n) is 8.89. The second kappa shape index (κ2) is 8.40. The molecular formula is C25H26Zr. The first-order valence-corrected chi connectivity index (χ1v) is 8.89. The molecule has 0 N–H and O–H groups in total. The largest absolute Gasteiger partial charge is 2.00 e. The summed E-state index contributed by atoms with van der Waals surface area (Å²) in [6, 6.07) is 23.4. The molecule has 0 amide bonds. The Morgan fingerprint density at radius 3 is 1.96 bits per heavy atom. The van der Waals surface area contributed by atoms with Crippen molar-refractivity contribution in [3.63, 3.8) is 0 Å². The number of benzene rings is 2. The summed E-state index contributed by atoms with van der Waals surface area (Å²) in [5.41, 5.74) is 6.98. The van der Waals surface area contributed by atoms with Crippen molar-refractivity contribution in [3.8, 4) is 11.1 Å². The van der Waals surface area contributed by atoms with Gasteiger partial charge in [-0.05, 0) is 0 Å². The quantitative estimate of drug-likeness (QED) is 0.363. The molecule has 0 unspecified atom stereocenters. The summed E-state index contributed by atoms with van der Waals surface area (Å²) >= 11 is 0. The van der Waals surface area contributed by atoms with Crippen LogP contribution >= 0.6 is 0 Å². The number of allylic oxidation sites excluding steroid dienone is 4. The molecule has 0 bridgehead atoms. The third-order valence-electron chi connectivity index (χ3n) is 5.29. The van der Waals surface area contributed by atoms with Crippen LogP contribution in [0.4, 0.5) is 0 Å². The van der Waals surface area contributed by atoms with Crippen molar-refractivity contribution >= 4 is 10.8 Å². The van der Waals surface area contributed by atoms with Crippen LogP contribution in [0, 0.1) is 11.5 Å². The summed E-state index contributed by atoms with van der Waals surface area (Å²) in [6.07, 6.45) is 3.44. The Kier molecular flexibility index (Phi) is 6.70. The normalized spacial score (nSPS) is 15.2. The molecular weight excluding hydrogens is 391 g/mol. The standard InChI is InChI=1S/C15H11.C10H15.Zr/c1-2-6-12(7-3-1)15-10-13-8-4-5-9-14(13)11-15;1-7-6-10(4,5)9(3)8(7)2;/h1-11H;1-5H3;/q2*-1;+2. The Balaban J connectivity index is 0.000000195. The fourth-order valence-electron chi connectivity index (χ4n) is 3.35.